The van der Waals surface area contributed by atoms with E-state index in [1.807, 2.05) is 61.5 Å². The summed E-state index contributed by atoms with van der Waals surface area (Å²) in [7, 11) is 1.64. The Bertz CT molecular complexity index is 1240. The summed E-state index contributed by atoms with van der Waals surface area (Å²) in [4.78, 5) is 0. The molecular weight excluding hydrogens is 398 g/mol. The Kier molecular flexibility index (Phi) is 5.76. The van der Waals surface area contributed by atoms with Crippen LogP contribution in [0.4, 0.5) is 0 Å². The number of aromatic nitrogens is 3. The van der Waals surface area contributed by atoms with Gasteiger partial charge in [-0.05, 0) is 60.2 Å². The predicted molar refractivity (Wildman–Crippen MR) is 121 cm³/mol. The zero-order chi connectivity index (χ0) is 20.9. The van der Waals surface area contributed by atoms with Crippen LogP contribution in [0.1, 0.15) is 12.5 Å². The molecule has 2 N–H and O–H groups in total. The summed E-state index contributed by atoms with van der Waals surface area (Å²) < 4.78 is 13.0. The van der Waals surface area contributed by atoms with Crippen LogP contribution in [0.15, 0.2) is 65.8 Å². The molecule has 0 spiro atoms. The first-order valence-corrected chi connectivity index (χ1v) is 9.87. The maximum absolute atomic E-state index is 5.51. The minimum Gasteiger partial charge on any atom is -0.496 e. The molecule has 0 bridgehead atoms. The van der Waals surface area contributed by atoms with Crippen molar-refractivity contribution in [2.45, 2.75) is 6.92 Å². The highest BCUT2D eigenvalue weighted by Gasteiger charge is 2.09. The van der Waals surface area contributed by atoms with Crippen molar-refractivity contribution in [1.29, 1.82) is 0 Å². The van der Waals surface area contributed by atoms with Gasteiger partial charge in [-0.3, -0.25) is 0 Å². The SMILES string of the molecule is CCOc1ccc(-c2n[nH]c(=S)n2N/N=C/c2c(OC)ccc3ccccc23)cc1. The number of H-pyrrole nitrogens is 1. The number of benzene rings is 3. The number of aromatic amines is 1. The van der Waals surface area contributed by atoms with Gasteiger partial charge in [0.15, 0.2) is 5.82 Å². The Morgan fingerprint density at radius 1 is 1.13 bits per heavy atom. The molecule has 0 unspecified atom stereocenters. The second-order valence-corrected chi connectivity index (χ2v) is 6.79. The fourth-order valence-electron chi connectivity index (χ4n) is 3.19. The molecule has 0 saturated carbocycles. The minimum absolute atomic E-state index is 0.404. The highest BCUT2D eigenvalue weighted by atomic mass is 32.1. The molecule has 0 atom stereocenters. The molecule has 7 nitrogen and oxygen atoms in total. The molecule has 0 saturated heterocycles. The van der Waals surface area contributed by atoms with E-state index in [1.165, 1.54) is 0 Å². The van der Waals surface area contributed by atoms with E-state index < -0.39 is 0 Å². The predicted octanol–water partition coefficient (Wildman–Crippen LogP) is 4.75. The first-order chi connectivity index (χ1) is 14.7. The van der Waals surface area contributed by atoms with E-state index in [2.05, 4.69) is 26.9 Å². The van der Waals surface area contributed by atoms with E-state index in [-0.39, 0.29) is 0 Å². The average molecular weight is 420 g/mol. The van der Waals surface area contributed by atoms with Crippen molar-refractivity contribution in [2.75, 3.05) is 19.3 Å². The topological polar surface area (TPSA) is 76.5 Å². The van der Waals surface area contributed by atoms with Crippen molar-refractivity contribution < 1.29 is 9.47 Å². The van der Waals surface area contributed by atoms with Gasteiger partial charge in [0.05, 0.1) is 19.9 Å². The smallest absolute Gasteiger partial charge is 0.216 e. The van der Waals surface area contributed by atoms with Crippen molar-refractivity contribution in [2.24, 2.45) is 5.10 Å². The summed E-state index contributed by atoms with van der Waals surface area (Å²) in [5, 5.41) is 13.7. The second kappa shape index (κ2) is 8.79. The number of ether oxygens (including phenoxy) is 2. The Hall–Kier alpha value is -3.65. The van der Waals surface area contributed by atoms with Crippen LogP contribution in [0.3, 0.4) is 0 Å². The molecule has 0 amide bonds. The lowest BCUT2D eigenvalue weighted by molar-refractivity contribution is 0.340. The largest absolute Gasteiger partial charge is 0.496 e. The summed E-state index contributed by atoms with van der Waals surface area (Å²) in [6.07, 6.45) is 1.72. The van der Waals surface area contributed by atoms with Crippen LogP contribution >= 0.6 is 12.2 Å². The molecule has 3 aromatic carbocycles. The van der Waals surface area contributed by atoms with E-state index in [4.69, 9.17) is 21.7 Å². The van der Waals surface area contributed by atoms with Gasteiger partial charge in [0, 0.05) is 11.1 Å². The van der Waals surface area contributed by atoms with Gasteiger partial charge in [-0.2, -0.15) is 14.9 Å². The molecule has 0 aliphatic heterocycles. The quantitative estimate of drug-likeness (QED) is 0.257. The molecule has 4 aromatic rings. The molecule has 0 fully saturated rings. The molecule has 1 aromatic heterocycles. The van der Waals surface area contributed by atoms with E-state index in [0.717, 1.165) is 33.4 Å². The average Bonchev–Trinajstić information content (AvgIpc) is 3.15. The second-order valence-electron chi connectivity index (χ2n) is 6.41. The summed E-state index contributed by atoms with van der Waals surface area (Å²) in [5.74, 6) is 2.16. The fourth-order valence-corrected chi connectivity index (χ4v) is 3.36. The molecule has 1 heterocycles. The van der Waals surface area contributed by atoms with Gasteiger partial charge in [0.25, 0.3) is 0 Å². The van der Waals surface area contributed by atoms with Crippen molar-refractivity contribution in [3.8, 4) is 22.9 Å². The molecule has 152 valence electrons. The van der Waals surface area contributed by atoms with Gasteiger partial charge in [-0.1, -0.05) is 30.3 Å². The summed E-state index contributed by atoms with van der Waals surface area (Å²) >= 11 is 5.36. The van der Waals surface area contributed by atoms with Crippen molar-refractivity contribution in [3.05, 3.63) is 71.0 Å². The Morgan fingerprint density at radius 2 is 1.93 bits per heavy atom. The van der Waals surface area contributed by atoms with Crippen LogP contribution in [-0.4, -0.2) is 34.8 Å². The maximum atomic E-state index is 5.51. The lowest BCUT2D eigenvalue weighted by Crippen LogP contribution is -2.11. The number of methoxy groups -OCH3 is 1. The van der Waals surface area contributed by atoms with Gasteiger partial charge in [0.1, 0.15) is 11.5 Å². The zero-order valence-corrected chi connectivity index (χ0v) is 17.4. The van der Waals surface area contributed by atoms with Gasteiger partial charge in [0.2, 0.25) is 4.77 Å². The molecular formula is C22H21N5O2S. The van der Waals surface area contributed by atoms with Gasteiger partial charge >= 0.3 is 0 Å². The molecule has 0 aliphatic carbocycles. The van der Waals surface area contributed by atoms with E-state index in [0.29, 0.717) is 17.2 Å². The standard InChI is InChI=1S/C22H21N5O2S/c1-3-29-17-11-8-16(9-12-17)21-24-25-22(30)27(21)26-23-14-19-18-7-5-4-6-15(18)10-13-20(19)28-2/h4-14,26H,3H2,1-2H3,(H,25,30)/b23-14+. The van der Waals surface area contributed by atoms with Gasteiger partial charge < -0.3 is 9.47 Å². The number of hydrogen-bond acceptors (Lipinski definition) is 6. The third-order valence-electron chi connectivity index (χ3n) is 4.60. The van der Waals surface area contributed by atoms with E-state index in [9.17, 15) is 0 Å². The Balaban J connectivity index is 1.64. The number of fused-ring (bicyclic) bond motifs is 1. The highest BCUT2D eigenvalue weighted by molar-refractivity contribution is 7.71. The highest BCUT2D eigenvalue weighted by Crippen LogP contribution is 2.26. The lowest BCUT2D eigenvalue weighted by Gasteiger charge is -2.09. The molecule has 8 heteroatoms. The van der Waals surface area contributed by atoms with E-state index >= 15 is 0 Å². The first kappa shape index (κ1) is 19.7. The Labute approximate surface area is 178 Å². The third kappa shape index (κ3) is 3.90. The molecule has 30 heavy (non-hydrogen) atoms. The first-order valence-electron chi connectivity index (χ1n) is 9.46. The molecule has 0 aliphatic rings. The van der Waals surface area contributed by atoms with Crippen LogP contribution in [-0.2, 0) is 0 Å². The number of nitrogens with one attached hydrogen (secondary N) is 2. The number of nitrogens with zero attached hydrogens (tertiary/aromatic N) is 3. The fraction of sp³-hybridized carbons (Fsp3) is 0.136. The summed E-state index contributed by atoms with van der Waals surface area (Å²) in [6, 6.07) is 19.7. The summed E-state index contributed by atoms with van der Waals surface area (Å²) in [5.41, 5.74) is 4.71. The van der Waals surface area contributed by atoms with E-state index in [1.54, 1.807) is 18.0 Å². The number of rotatable bonds is 7. The number of hydrazone groups is 1. The van der Waals surface area contributed by atoms with Crippen LogP contribution in [0.25, 0.3) is 22.2 Å². The maximum Gasteiger partial charge on any atom is 0.216 e. The van der Waals surface area contributed by atoms with Crippen molar-refractivity contribution in [1.82, 2.24) is 14.9 Å². The van der Waals surface area contributed by atoms with Crippen LogP contribution in [0.2, 0.25) is 0 Å². The van der Waals surface area contributed by atoms with Crippen LogP contribution < -0.4 is 15.0 Å². The lowest BCUT2D eigenvalue weighted by atomic mass is 10.0. The monoisotopic (exact) mass is 419 g/mol. The van der Waals surface area contributed by atoms with Crippen molar-refractivity contribution in [3.63, 3.8) is 0 Å². The number of hydrogen-bond donors (Lipinski definition) is 2. The Morgan fingerprint density at radius 3 is 2.70 bits per heavy atom. The van der Waals surface area contributed by atoms with Gasteiger partial charge in [-0.15, -0.1) is 0 Å². The van der Waals surface area contributed by atoms with Crippen LogP contribution in [0, 0.1) is 4.77 Å². The van der Waals surface area contributed by atoms with Gasteiger partial charge in [-0.25, -0.2) is 10.6 Å². The van der Waals surface area contributed by atoms with Crippen LogP contribution in [0.5, 0.6) is 11.5 Å². The summed E-state index contributed by atoms with van der Waals surface area (Å²) in [6.45, 7) is 2.57. The molecule has 0 radical (unpaired) electrons. The minimum atomic E-state index is 0.404. The third-order valence-corrected chi connectivity index (χ3v) is 4.87. The molecule has 4 rings (SSSR count). The normalized spacial score (nSPS) is 11.1. The van der Waals surface area contributed by atoms with Crippen molar-refractivity contribution >= 4 is 29.2 Å². The zero-order valence-electron chi connectivity index (χ0n) is 16.6.